The second-order valence-corrected chi connectivity index (χ2v) is 24.4. The Morgan fingerprint density at radius 2 is 0.935 bits per heavy atom. The van der Waals surface area contributed by atoms with Crippen molar-refractivity contribution in [2.45, 2.75) is 52.4 Å². The van der Waals surface area contributed by atoms with E-state index < -0.39 is 34.0 Å². The molecule has 0 unspecified atom stereocenters. The summed E-state index contributed by atoms with van der Waals surface area (Å²) in [6.45, 7) is 16.7. The second-order valence-electron chi connectivity index (χ2n) is 9.09. The van der Waals surface area contributed by atoms with Crippen molar-refractivity contribution in [1.82, 2.24) is 0 Å². The number of nitrogens with two attached hydrogens (primary N) is 2. The molecule has 0 aromatic heterocycles. The van der Waals surface area contributed by atoms with Crippen LogP contribution in [0.25, 0.3) is 0 Å². The van der Waals surface area contributed by atoms with Gasteiger partial charge in [-0.2, -0.15) is 0 Å². The molecule has 11 heteroatoms. The molecular weight excluding hydrogens is 473 g/mol. The summed E-state index contributed by atoms with van der Waals surface area (Å²) in [5.74, 6) is 0. The van der Waals surface area contributed by atoms with Gasteiger partial charge >= 0.3 is 25.7 Å². The summed E-state index contributed by atoms with van der Waals surface area (Å²) in [5, 5.41) is 2.28. The van der Waals surface area contributed by atoms with Gasteiger partial charge in [-0.3, -0.25) is 0 Å². The molecule has 2 aromatic carbocycles. The van der Waals surface area contributed by atoms with Crippen molar-refractivity contribution < 1.29 is 16.5 Å². The molecule has 2 aromatic rings. The summed E-state index contributed by atoms with van der Waals surface area (Å²) in [6.07, 6.45) is 0. The Kier molecular flexibility index (Phi) is 8.33. The average molecular weight is 509 g/mol. The van der Waals surface area contributed by atoms with E-state index in [9.17, 15) is 0 Å². The van der Waals surface area contributed by atoms with E-state index in [4.69, 9.17) is 27.9 Å². The third-order valence-electron chi connectivity index (χ3n) is 4.70. The highest BCUT2D eigenvalue weighted by atomic mass is 28.5. The van der Waals surface area contributed by atoms with E-state index in [2.05, 4.69) is 70.1 Å². The fraction of sp³-hybridized carbons (Fsp3) is 0.400. The van der Waals surface area contributed by atoms with Crippen LogP contribution in [0.1, 0.15) is 0 Å². The molecule has 0 heterocycles. The van der Waals surface area contributed by atoms with Crippen LogP contribution in [-0.4, -0.2) is 43.8 Å². The van der Waals surface area contributed by atoms with Crippen molar-refractivity contribution in [2.24, 2.45) is 0 Å². The van der Waals surface area contributed by atoms with Gasteiger partial charge in [0.05, 0.1) is 0 Å². The molecule has 0 fully saturated rings. The van der Waals surface area contributed by atoms with Crippen molar-refractivity contribution in [3.63, 3.8) is 0 Å². The average Bonchev–Trinajstić information content (AvgIpc) is 2.59. The summed E-state index contributed by atoms with van der Waals surface area (Å²) < 4.78 is 26.0. The number of hydrogen-bond acceptors (Lipinski definition) is 6. The van der Waals surface area contributed by atoms with Crippen molar-refractivity contribution in [3.05, 3.63) is 48.5 Å². The second kappa shape index (κ2) is 9.85. The molecule has 0 atom stereocenters. The smallest absolute Gasteiger partial charge is 0.314 e. The van der Waals surface area contributed by atoms with E-state index in [1.807, 2.05) is 30.8 Å². The molecule has 0 aliphatic heterocycles. The molecule has 0 spiro atoms. The van der Waals surface area contributed by atoms with Crippen LogP contribution in [-0.2, 0) is 16.5 Å². The van der Waals surface area contributed by atoms with E-state index in [1.54, 1.807) is 0 Å². The van der Waals surface area contributed by atoms with Gasteiger partial charge in [-0.05, 0) is 87.0 Å². The molecule has 2 radical (unpaired) electrons. The minimum atomic E-state index is -2.58. The van der Waals surface area contributed by atoms with Gasteiger partial charge in [0.25, 0.3) is 0 Å². The van der Waals surface area contributed by atoms with Crippen LogP contribution in [0.2, 0.25) is 52.4 Å². The SMILES string of the molecule is C[Si]O[Si](C)(C)O[Si](C)(C)O[Si](C)(C)O[Si](C)(c1ccc(N)cc1)c1ccc(N)cc1. The number of rotatable bonds is 10. The van der Waals surface area contributed by atoms with E-state index in [-0.39, 0.29) is 0 Å². The highest BCUT2D eigenvalue weighted by Gasteiger charge is 2.46. The van der Waals surface area contributed by atoms with Crippen LogP contribution >= 0.6 is 0 Å². The van der Waals surface area contributed by atoms with Gasteiger partial charge in [-0.15, -0.1) is 0 Å². The Hall–Kier alpha value is -1.04. The predicted octanol–water partition coefficient (Wildman–Crippen LogP) is 3.38. The maximum Gasteiger partial charge on any atom is 0.314 e. The van der Waals surface area contributed by atoms with Crippen LogP contribution in [0.5, 0.6) is 0 Å². The Morgan fingerprint density at radius 1 is 0.581 bits per heavy atom. The largest absolute Gasteiger partial charge is 0.437 e. The first-order valence-electron chi connectivity index (χ1n) is 10.4. The highest BCUT2D eigenvalue weighted by Crippen LogP contribution is 2.24. The molecule has 170 valence electrons. The van der Waals surface area contributed by atoms with Crippen LogP contribution < -0.4 is 21.8 Å². The molecule has 0 aliphatic carbocycles. The maximum absolute atomic E-state index is 6.99. The normalized spacial score (nSPS) is 13.4. The minimum absolute atomic E-state index is 0.404. The van der Waals surface area contributed by atoms with E-state index in [0.717, 1.165) is 21.7 Å². The van der Waals surface area contributed by atoms with Gasteiger partial charge < -0.3 is 27.9 Å². The number of benzene rings is 2. The summed E-state index contributed by atoms with van der Waals surface area (Å²) in [4.78, 5) is 0. The Labute approximate surface area is 194 Å². The van der Waals surface area contributed by atoms with Crippen molar-refractivity contribution in [3.8, 4) is 0 Å². The minimum Gasteiger partial charge on any atom is -0.437 e. The number of anilines is 2. The maximum atomic E-state index is 6.99. The Balaban J connectivity index is 2.36. The van der Waals surface area contributed by atoms with Gasteiger partial charge in [0.15, 0.2) is 0 Å². The Morgan fingerprint density at radius 3 is 1.32 bits per heavy atom. The number of hydrogen-bond donors (Lipinski definition) is 2. The zero-order chi connectivity index (χ0) is 23.5. The quantitative estimate of drug-likeness (QED) is 0.378. The third-order valence-corrected chi connectivity index (χ3v) is 21.8. The summed E-state index contributed by atoms with van der Waals surface area (Å²) >= 11 is 0. The summed E-state index contributed by atoms with van der Waals surface area (Å²) in [7, 11) is -9.47. The third kappa shape index (κ3) is 7.51. The predicted molar refractivity (Wildman–Crippen MR) is 141 cm³/mol. The molecule has 0 aliphatic rings. The first-order chi connectivity index (χ1) is 14.2. The zero-order valence-corrected chi connectivity index (χ0v) is 24.9. The van der Waals surface area contributed by atoms with Crippen LogP contribution in [0.15, 0.2) is 48.5 Å². The van der Waals surface area contributed by atoms with Gasteiger partial charge in [0, 0.05) is 11.4 Å². The molecule has 0 saturated heterocycles. The van der Waals surface area contributed by atoms with Gasteiger partial charge in [-0.1, -0.05) is 24.3 Å². The standard InChI is InChI=1S/C20H36N2O4Si5/c1-27-23-28(2,3)24-29(4,5)25-30(6,7)26-31(8,19-13-9-17(21)10-14-19)20-15-11-18(22)12-16-20/h9-16H,21-22H2,1-8H3. The lowest BCUT2D eigenvalue weighted by atomic mass is 10.3. The van der Waals surface area contributed by atoms with Gasteiger partial charge in [0.1, 0.15) is 0 Å². The van der Waals surface area contributed by atoms with E-state index in [0.29, 0.717) is 9.76 Å². The molecule has 0 amide bonds. The fourth-order valence-corrected chi connectivity index (χ4v) is 23.7. The highest BCUT2D eigenvalue weighted by molar-refractivity contribution is 7.01. The number of nitrogen functional groups attached to an aromatic ring is 2. The molecule has 31 heavy (non-hydrogen) atoms. The van der Waals surface area contributed by atoms with Gasteiger partial charge in [-0.25, -0.2) is 0 Å². The zero-order valence-electron chi connectivity index (χ0n) is 19.9. The molecule has 6 nitrogen and oxygen atoms in total. The fourth-order valence-electron chi connectivity index (χ4n) is 3.87. The van der Waals surface area contributed by atoms with Crippen LogP contribution in [0, 0.1) is 0 Å². The molecule has 0 bridgehead atoms. The van der Waals surface area contributed by atoms with Crippen LogP contribution in [0.4, 0.5) is 11.4 Å². The summed E-state index contributed by atoms with van der Waals surface area (Å²) in [5.41, 5.74) is 13.4. The van der Waals surface area contributed by atoms with Crippen LogP contribution in [0.3, 0.4) is 0 Å². The molecular formula is C20H36N2O4Si5. The van der Waals surface area contributed by atoms with E-state index in [1.165, 1.54) is 0 Å². The lowest BCUT2D eigenvalue weighted by Crippen LogP contribution is -2.65. The molecule has 4 N–H and O–H groups in total. The topological polar surface area (TPSA) is 89.0 Å². The first-order valence-corrected chi connectivity index (χ1v) is 22.6. The Bertz CT molecular complexity index is 815. The van der Waals surface area contributed by atoms with Crippen molar-refractivity contribution >= 4 is 65.5 Å². The van der Waals surface area contributed by atoms with Crippen molar-refractivity contribution in [2.75, 3.05) is 11.5 Å². The van der Waals surface area contributed by atoms with Crippen molar-refractivity contribution in [1.29, 1.82) is 0 Å². The molecule has 0 saturated carbocycles. The van der Waals surface area contributed by atoms with Gasteiger partial charge in [0.2, 0.25) is 18.1 Å². The lowest BCUT2D eigenvalue weighted by Gasteiger charge is -2.42. The first kappa shape index (κ1) is 26.2. The van der Waals surface area contributed by atoms with E-state index >= 15 is 0 Å². The lowest BCUT2D eigenvalue weighted by molar-refractivity contribution is 0.305. The monoisotopic (exact) mass is 508 g/mol. The summed E-state index contributed by atoms with van der Waals surface area (Å²) in [6, 6.07) is 16.0. The molecule has 2 rings (SSSR count).